The Bertz CT molecular complexity index is 640. The summed E-state index contributed by atoms with van der Waals surface area (Å²) in [7, 11) is 0. The van der Waals surface area contributed by atoms with Gasteiger partial charge in [0.05, 0.1) is 5.69 Å². The molecule has 0 spiro atoms. The molecule has 2 saturated heterocycles. The number of nitrogens with zero attached hydrogens (tertiary/aromatic N) is 2. The second-order valence-corrected chi connectivity index (χ2v) is 8.67. The van der Waals surface area contributed by atoms with Gasteiger partial charge in [0.1, 0.15) is 9.57 Å². The summed E-state index contributed by atoms with van der Waals surface area (Å²) in [6, 6.07) is 9.11. The maximum atomic E-state index is 12.7. The molecule has 1 aromatic carbocycles. The lowest BCUT2D eigenvalue weighted by atomic mass is 9.92. The van der Waals surface area contributed by atoms with E-state index >= 15 is 0 Å². The van der Waals surface area contributed by atoms with Crippen LogP contribution in [0.5, 0.6) is 0 Å². The molecule has 0 aliphatic carbocycles. The fraction of sp³-hybridized carbons (Fsp3) is 0.500. The number of thioether (sulfide) groups is 1. The van der Waals surface area contributed by atoms with Crippen LogP contribution in [0.1, 0.15) is 26.7 Å². The van der Waals surface area contributed by atoms with Gasteiger partial charge in [-0.2, -0.15) is 0 Å². The lowest BCUT2D eigenvalue weighted by Gasteiger charge is -2.36. The number of likely N-dealkylation sites (tertiary alicyclic amines) is 1. The zero-order valence-electron chi connectivity index (χ0n) is 14.0. The molecule has 6 heteroatoms. The summed E-state index contributed by atoms with van der Waals surface area (Å²) in [5.74, 6) is 0.909. The average Bonchev–Trinajstić information content (AvgIpc) is 2.81. The standard InChI is InChI=1S/C18H22N2O2S2/c1-12-8-13(2)11-19(10-12)18(23)24-15-9-16(21)20(17(15)22)14-6-4-3-5-7-14/h3-7,12-13,15H,8-11H2,1-2H3/t12-,13-,15+/m0/s1. The monoisotopic (exact) mass is 362 g/mol. The van der Waals surface area contributed by atoms with Crippen molar-refractivity contribution in [3.05, 3.63) is 30.3 Å². The first-order valence-corrected chi connectivity index (χ1v) is 9.62. The minimum Gasteiger partial charge on any atom is -0.357 e. The Hall–Kier alpha value is -1.40. The number of rotatable bonds is 2. The number of carbonyl (C=O) groups excluding carboxylic acids is 2. The number of thiocarbonyl (C=S) groups is 1. The summed E-state index contributed by atoms with van der Waals surface area (Å²) in [6.45, 7) is 6.34. The van der Waals surface area contributed by atoms with Crippen molar-refractivity contribution in [2.24, 2.45) is 11.8 Å². The predicted molar refractivity (Wildman–Crippen MR) is 102 cm³/mol. The Kier molecular flexibility index (Phi) is 5.25. The van der Waals surface area contributed by atoms with E-state index in [2.05, 4.69) is 18.7 Å². The van der Waals surface area contributed by atoms with Crippen molar-refractivity contribution >= 4 is 45.8 Å². The molecule has 3 rings (SSSR count). The molecule has 2 amide bonds. The average molecular weight is 363 g/mol. The fourth-order valence-corrected chi connectivity index (χ4v) is 5.02. The van der Waals surface area contributed by atoms with E-state index in [-0.39, 0.29) is 18.2 Å². The first kappa shape index (κ1) is 17.4. The summed E-state index contributed by atoms with van der Waals surface area (Å²) < 4.78 is 0.745. The van der Waals surface area contributed by atoms with Crippen LogP contribution in [-0.4, -0.2) is 39.4 Å². The number of imide groups is 1. The van der Waals surface area contributed by atoms with Gasteiger partial charge in [-0.3, -0.25) is 9.59 Å². The Morgan fingerprint density at radius 1 is 1.12 bits per heavy atom. The number of para-hydroxylation sites is 1. The van der Waals surface area contributed by atoms with Crippen LogP contribution in [0, 0.1) is 11.8 Å². The molecule has 0 aromatic heterocycles. The summed E-state index contributed by atoms with van der Waals surface area (Å²) in [5, 5.41) is -0.405. The SMILES string of the molecule is C[C@H]1C[C@H](C)CN(C(=S)S[C@@H]2CC(=O)N(c3ccccc3)C2=O)C1. The van der Waals surface area contributed by atoms with Gasteiger partial charge < -0.3 is 4.90 Å². The maximum absolute atomic E-state index is 12.7. The molecule has 4 nitrogen and oxygen atoms in total. The van der Waals surface area contributed by atoms with Gasteiger partial charge in [0.2, 0.25) is 11.8 Å². The molecule has 24 heavy (non-hydrogen) atoms. The van der Waals surface area contributed by atoms with Gasteiger partial charge in [0.15, 0.2) is 0 Å². The third-order valence-corrected chi connectivity index (χ3v) is 6.15. The second kappa shape index (κ2) is 7.23. The summed E-state index contributed by atoms with van der Waals surface area (Å²) in [6.07, 6.45) is 1.43. The first-order chi connectivity index (χ1) is 11.5. The largest absolute Gasteiger partial charge is 0.357 e. The highest BCUT2D eigenvalue weighted by molar-refractivity contribution is 8.23. The zero-order valence-corrected chi connectivity index (χ0v) is 15.6. The fourth-order valence-electron chi connectivity index (χ4n) is 3.55. The van der Waals surface area contributed by atoms with Crippen molar-refractivity contribution < 1.29 is 9.59 Å². The summed E-state index contributed by atoms with van der Waals surface area (Å²) in [5.41, 5.74) is 0.640. The van der Waals surface area contributed by atoms with Crippen LogP contribution >= 0.6 is 24.0 Å². The second-order valence-electron chi connectivity index (χ2n) is 6.83. The van der Waals surface area contributed by atoms with E-state index in [0.717, 1.165) is 17.4 Å². The molecular formula is C18H22N2O2S2. The third-order valence-electron chi connectivity index (χ3n) is 4.49. The van der Waals surface area contributed by atoms with Crippen molar-refractivity contribution in [1.29, 1.82) is 0 Å². The smallest absolute Gasteiger partial charge is 0.247 e. The van der Waals surface area contributed by atoms with Crippen LogP contribution in [0.2, 0.25) is 0 Å². The van der Waals surface area contributed by atoms with Gasteiger partial charge in [-0.1, -0.05) is 56.0 Å². The number of carbonyl (C=O) groups is 2. The predicted octanol–water partition coefficient (Wildman–Crippen LogP) is 3.31. The number of benzene rings is 1. The highest BCUT2D eigenvalue weighted by Crippen LogP contribution is 2.32. The normalized spacial score (nSPS) is 27.7. The zero-order chi connectivity index (χ0) is 17.3. The van der Waals surface area contributed by atoms with Crippen molar-refractivity contribution in [2.75, 3.05) is 18.0 Å². The molecule has 0 bridgehead atoms. The van der Waals surface area contributed by atoms with Crippen LogP contribution in [0.25, 0.3) is 0 Å². The van der Waals surface area contributed by atoms with Crippen LogP contribution < -0.4 is 4.90 Å². The lowest BCUT2D eigenvalue weighted by Crippen LogP contribution is -2.41. The number of hydrogen-bond acceptors (Lipinski definition) is 4. The Morgan fingerprint density at radius 2 is 1.75 bits per heavy atom. The van der Waals surface area contributed by atoms with Gasteiger partial charge >= 0.3 is 0 Å². The van der Waals surface area contributed by atoms with E-state index in [1.807, 2.05) is 18.2 Å². The minimum absolute atomic E-state index is 0.146. The number of amides is 2. The quantitative estimate of drug-likeness (QED) is 0.596. The molecule has 2 aliphatic heterocycles. The molecule has 2 aliphatic rings. The molecule has 128 valence electrons. The van der Waals surface area contributed by atoms with E-state index in [0.29, 0.717) is 17.5 Å². The van der Waals surface area contributed by atoms with Gasteiger partial charge in [-0.25, -0.2) is 4.90 Å². The molecule has 0 unspecified atom stereocenters. The molecule has 2 fully saturated rings. The molecular weight excluding hydrogens is 340 g/mol. The summed E-state index contributed by atoms with van der Waals surface area (Å²) >= 11 is 6.94. The van der Waals surface area contributed by atoms with Crippen molar-refractivity contribution in [3.8, 4) is 0 Å². The van der Waals surface area contributed by atoms with Gasteiger partial charge in [-0.05, 0) is 30.4 Å². The van der Waals surface area contributed by atoms with Gasteiger partial charge in [0.25, 0.3) is 0 Å². The van der Waals surface area contributed by atoms with E-state index < -0.39 is 5.25 Å². The van der Waals surface area contributed by atoms with Crippen LogP contribution in [0.4, 0.5) is 5.69 Å². The van der Waals surface area contributed by atoms with Crippen LogP contribution in [-0.2, 0) is 9.59 Å². The Balaban J connectivity index is 1.67. The number of anilines is 1. The van der Waals surface area contributed by atoms with Crippen molar-refractivity contribution in [2.45, 2.75) is 31.9 Å². The topological polar surface area (TPSA) is 40.6 Å². The highest BCUT2D eigenvalue weighted by atomic mass is 32.2. The van der Waals surface area contributed by atoms with E-state index in [4.69, 9.17) is 12.2 Å². The Labute approximate surface area is 152 Å². The Morgan fingerprint density at radius 3 is 2.38 bits per heavy atom. The van der Waals surface area contributed by atoms with Crippen molar-refractivity contribution in [3.63, 3.8) is 0 Å². The molecule has 0 N–H and O–H groups in total. The van der Waals surface area contributed by atoms with Crippen molar-refractivity contribution in [1.82, 2.24) is 4.90 Å². The number of hydrogen-bond donors (Lipinski definition) is 0. The molecule has 0 radical (unpaired) electrons. The highest BCUT2D eigenvalue weighted by Gasteiger charge is 2.41. The lowest BCUT2D eigenvalue weighted by molar-refractivity contribution is -0.121. The molecule has 3 atom stereocenters. The van der Waals surface area contributed by atoms with Crippen LogP contribution in [0.15, 0.2) is 30.3 Å². The number of piperidine rings is 1. The minimum atomic E-state index is -0.405. The van der Waals surface area contributed by atoms with Gasteiger partial charge in [0, 0.05) is 19.5 Å². The van der Waals surface area contributed by atoms with Crippen LogP contribution in [0.3, 0.4) is 0 Å². The van der Waals surface area contributed by atoms with E-state index in [9.17, 15) is 9.59 Å². The first-order valence-electron chi connectivity index (χ1n) is 8.33. The van der Waals surface area contributed by atoms with E-state index in [1.165, 1.54) is 23.1 Å². The molecule has 1 aromatic rings. The maximum Gasteiger partial charge on any atom is 0.247 e. The van der Waals surface area contributed by atoms with Gasteiger partial charge in [-0.15, -0.1) is 0 Å². The molecule has 0 saturated carbocycles. The molecule has 2 heterocycles. The van der Waals surface area contributed by atoms with E-state index in [1.54, 1.807) is 12.1 Å². The third kappa shape index (κ3) is 3.64. The summed E-state index contributed by atoms with van der Waals surface area (Å²) in [4.78, 5) is 28.5.